The first kappa shape index (κ1) is 43.0. The Hall–Kier alpha value is 2.52. The number of aromatic nitrogens is 2. The molecule has 1 N–H and O–H groups in total. The van der Waals surface area contributed by atoms with Gasteiger partial charge >= 0.3 is 130 Å². The smallest absolute Gasteiger partial charge is 0.790 e. The third kappa shape index (κ3) is 14.4. The predicted molar refractivity (Wildman–Crippen MR) is 91.1 cm³/mol. The van der Waals surface area contributed by atoms with Crippen molar-refractivity contribution in [2.24, 2.45) is 0 Å². The van der Waals surface area contributed by atoms with Crippen molar-refractivity contribution >= 4 is 29.4 Å². The van der Waals surface area contributed by atoms with Crippen molar-refractivity contribution in [3.05, 3.63) is 32.6 Å². The molecule has 17 nitrogen and oxygen atoms in total. The van der Waals surface area contributed by atoms with Crippen molar-refractivity contribution in [3.8, 4) is 0 Å². The van der Waals surface area contributed by atoms with Crippen LogP contribution in [0.4, 0.5) is 0 Å². The molecule has 1 aromatic rings. The Balaban J connectivity index is -0.00000272. The van der Waals surface area contributed by atoms with E-state index in [1.165, 1.54) is 6.92 Å². The molecular formula is C12H15N2Na4O15P3. The second-order valence-electron chi connectivity index (χ2n) is 6.29. The van der Waals surface area contributed by atoms with Crippen LogP contribution in [0.1, 0.15) is 25.1 Å². The minimum atomic E-state index is -6.16. The standard InChI is InChI=1S/C12H19N2O15P3.4Na/c1-6-4-14(12(17)13-11(6)16)10-3-8(26-7(2)15)9(27-10)5-25-31(21,22)29-32(23,24)28-30(18,19)20;;;;/h4,8-10H,3,5H2,1-2H3,(H,21,22)(H,23,24)(H,13,16,17)(H2,18,19,20);;;;/q;4*+1/p-4/t8-,9+,10+;;;;/m0..../s1. The van der Waals surface area contributed by atoms with Crippen molar-refractivity contribution in [1.82, 2.24) is 9.55 Å². The van der Waals surface area contributed by atoms with E-state index in [0.29, 0.717) is 0 Å². The average molecular weight is 612 g/mol. The average Bonchev–Trinajstić information content (AvgIpc) is 2.95. The zero-order chi connectivity index (χ0) is 24.5. The molecular weight excluding hydrogens is 597 g/mol. The maximum atomic E-state index is 12.0. The summed E-state index contributed by atoms with van der Waals surface area (Å²) in [6.07, 6.45) is -2.76. The summed E-state index contributed by atoms with van der Waals surface area (Å²) >= 11 is 0. The summed E-state index contributed by atoms with van der Waals surface area (Å²) in [5, 5.41) is 0. The zero-order valence-electron chi connectivity index (χ0n) is 20.1. The van der Waals surface area contributed by atoms with E-state index in [4.69, 9.17) is 9.47 Å². The summed E-state index contributed by atoms with van der Waals surface area (Å²) < 4.78 is 55.4. The van der Waals surface area contributed by atoms with Crippen molar-refractivity contribution in [2.75, 3.05) is 6.61 Å². The molecule has 36 heavy (non-hydrogen) atoms. The van der Waals surface area contributed by atoms with Crippen molar-refractivity contribution in [1.29, 1.82) is 0 Å². The molecule has 0 saturated carbocycles. The third-order valence-electron chi connectivity index (χ3n) is 3.75. The molecule has 0 radical (unpaired) electrons. The molecule has 2 rings (SSSR count). The quantitative estimate of drug-likeness (QED) is 0.154. The minimum absolute atomic E-state index is 0. The molecule has 2 heterocycles. The number of carbonyl (C=O) groups is 1. The molecule has 0 bridgehead atoms. The molecule has 1 aliphatic rings. The number of aromatic amines is 1. The van der Waals surface area contributed by atoms with E-state index in [9.17, 15) is 47.7 Å². The third-order valence-corrected chi connectivity index (χ3v) is 7.42. The van der Waals surface area contributed by atoms with E-state index in [-0.39, 0.29) is 130 Å². The summed E-state index contributed by atoms with van der Waals surface area (Å²) in [5.74, 6) is -0.810. The Morgan fingerprint density at radius 3 is 2.14 bits per heavy atom. The number of esters is 1. The fourth-order valence-electron chi connectivity index (χ4n) is 2.61. The van der Waals surface area contributed by atoms with Crippen LogP contribution in [0.25, 0.3) is 0 Å². The zero-order valence-corrected chi connectivity index (χ0v) is 30.8. The fraction of sp³-hybridized carbons (Fsp3) is 0.583. The van der Waals surface area contributed by atoms with Crippen LogP contribution in [0.5, 0.6) is 0 Å². The van der Waals surface area contributed by atoms with E-state index in [0.717, 1.165) is 17.7 Å². The Kier molecular flexibility index (Phi) is 20.9. The summed E-state index contributed by atoms with van der Waals surface area (Å²) in [6.45, 7) is 1.40. The van der Waals surface area contributed by atoms with Gasteiger partial charge in [0.25, 0.3) is 21.2 Å². The van der Waals surface area contributed by atoms with Crippen LogP contribution < -0.4 is 149 Å². The number of aryl methyl sites for hydroxylation is 1. The van der Waals surface area contributed by atoms with E-state index < -0.39 is 65.7 Å². The first-order valence-electron chi connectivity index (χ1n) is 8.34. The topological polar surface area (TPSA) is 262 Å². The van der Waals surface area contributed by atoms with E-state index in [1.807, 2.05) is 4.98 Å². The Bertz CT molecular complexity index is 1140. The van der Waals surface area contributed by atoms with Gasteiger partial charge < -0.3 is 38.1 Å². The normalized spacial score (nSPS) is 22.3. The largest absolute Gasteiger partial charge is 1.00 e. The van der Waals surface area contributed by atoms with Gasteiger partial charge in [0.2, 0.25) is 0 Å². The first-order chi connectivity index (χ1) is 14.5. The number of ether oxygens (including phenoxy) is 2. The van der Waals surface area contributed by atoms with Crippen molar-refractivity contribution in [3.63, 3.8) is 0 Å². The molecule has 182 valence electrons. The van der Waals surface area contributed by atoms with Crippen LogP contribution >= 0.6 is 23.5 Å². The fourth-order valence-corrected chi connectivity index (χ4v) is 5.47. The van der Waals surface area contributed by atoms with E-state index in [2.05, 4.69) is 13.1 Å². The molecule has 2 unspecified atom stereocenters. The predicted octanol–water partition coefficient (Wildman–Crippen LogP) is -15.1. The van der Waals surface area contributed by atoms with Crippen LogP contribution in [0.2, 0.25) is 0 Å². The van der Waals surface area contributed by atoms with Crippen LogP contribution in [0.15, 0.2) is 15.8 Å². The molecule has 0 spiro atoms. The number of rotatable bonds is 9. The van der Waals surface area contributed by atoms with Gasteiger partial charge in [0.1, 0.15) is 18.4 Å². The van der Waals surface area contributed by atoms with Crippen LogP contribution in [0, 0.1) is 6.92 Å². The maximum absolute atomic E-state index is 12.0. The summed E-state index contributed by atoms with van der Waals surface area (Å²) in [7, 11) is -18.1. The molecule has 1 aromatic heterocycles. The molecule has 1 aliphatic heterocycles. The number of nitrogens with one attached hydrogen (secondary N) is 1. The number of carbonyl (C=O) groups excluding carboxylic acids is 1. The Morgan fingerprint density at radius 1 is 1.08 bits per heavy atom. The molecule has 1 fully saturated rings. The van der Waals surface area contributed by atoms with E-state index in [1.54, 1.807) is 0 Å². The van der Waals surface area contributed by atoms with Gasteiger partial charge in [-0.15, -0.1) is 0 Å². The number of hydrogen-bond acceptors (Lipinski definition) is 15. The van der Waals surface area contributed by atoms with Gasteiger partial charge in [-0.3, -0.25) is 32.6 Å². The molecule has 0 aliphatic carbocycles. The number of H-pyrrole nitrogens is 1. The van der Waals surface area contributed by atoms with Gasteiger partial charge in [-0.1, -0.05) is 0 Å². The van der Waals surface area contributed by atoms with Crippen molar-refractivity contribution < 1.29 is 179 Å². The second-order valence-corrected chi connectivity index (χ2v) is 10.5. The SMILES string of the molecule is CC(=O)O[C@H]1C[C@H](n2cc(C)c(=O)[nH]c2=O)O[C@@H]1COP(=O)([O-])OP(=O)([O-])OP(=O)([O-])[O-].[Na+].[Na+].[Na+].[Na+]. The number of hydrogen-bond donors (Lipinski definition) is 1. The summed E-state index contributed by atoms with van der Waals surface area (Å²) in [4.78, 5) is 80.4. The molecule has 0 aromatic carbocycles. The maximum Gasteiger partial charge on any atom is 1.00 e. The molecule has 0 amide bonds. The summed E-state index contributed by atoms with van der Waals surface area (Å²) in [6, 6.07) is 0. The number of phosphoric acid groups is 3. The monoisotopic (exact) mass is 612 g/mol. The van der Waals surface area contributed by atoms with Crippen LogP contribution in [0.3, 0.4) is 0 Å². The Labute approximate surface area is 292 Å². The van der Waals surface area contributed by atoms with Gasteiger partial charge in [-0.2, -0.15) is 0 Å². The molecule has 24 heteroatoms. The van der Waals surface area contributed by atoms with Crippen LogP contribution in [-0.4, -0.2) is 34.3 Å². The van der Waals surface area contributed by atoms with Crippen LogP contribution in [-0.2, 0) is 41.1 Å². The van der Waals surface area contributed by atoms with Gasteiger partial charge in [0, 0.05) is 25.1 Å². The van der Waals surface area contributed by atoms with Gasteiger partial charge in [0.15, 0.2) is 0 Å². The summed E-state index contributed by atoms with van der Waals surface area (Å²) in [5.41, 5.74) is -1.40. The van der Waals surface area contributed by atoms with Gasteiger partial charge in [0.05, 0.1) is 14.4 Å². The second kappa shape index (κ2) is 17.5. The first-order valence-corrected chi connectivity index (χ1v) is 12.7. The van der Waals surface area contributed by atoms with Gasteiger partial charge in [-0.05, 0) is 6.92 Å². The number of nitrogens with zero attached hydrogens (tertiary/aromatic N) is 1. The van der Waals surface area contributed by atoms with Crippen molar-refractivity contribution in [2.45, 2.75) is 38.7 Å². The minimum Gasteiger partial charge on any atom is -0.790 e. The van der Waals surface area contributed by atoms with Gasteiger partial charge in [-0.25, -0.2) is 9.11 Å². The molecule has 5 atom stereocenters. The number of phosphoric ester groups is 1. The Morgan fingerprint density at radius 2 is 1.64 bits per heavy atom. The van der Waals surface area contributed by atoms with E-state index >= 15 is 0 Å². The molecule has 1 saturated heterocycles.